The number of carboxylic acid groups (broad SMARTS) is 1. The monoisotopic (exact) mass is 618 g/mol. The summed E-state index contributed by atoms with van der Waals surface area (Å²) in [5.41, 5.74) is 7.95. The third-order valence-corrected chi connectivity index (χ3v) is 7.04. The Hall–Kier alpha value is -4.77. The van der Waals surface area contributed by atoms with Crippen molar-refractivity contribution in [2.45, 2.75) is 46.6 Å². The van der Waals surface area contributed by atoms with Crippen molar-refractivity contribution >= 4 is 34.8 Å². The van der Waals surface area contributed by atoms with Gasteiger partial charge in [-0.15, -0.1) is 0 Å². The number of nitrogens with one attached hydrogen (secondary N) is 2. The Labute approximate surface area is 263 Å². The molecule has 0 bridgehead atoms. The van der Waals surface area contributed by atoms with E-state index in [1.165, 1.54) is 31.0 Å². The van der Waals surface area contributed by atoms with Gasteiger partial charge in [0.25, 0.3) is 11.8 Å². The molecule has 3 aromatic carbocycles. The van der Waals surface area contributed by atoms with Crippen molar-refractivity contribution in [3.63, 3.8) is 0 Å². The van der Waals surface area contributed by atoms with Gasteiger partial charge in [-0.3, -0.25) is 14.5 Å². The van der Waals surface area contributed by atoms with Crippen LogP contribution in [0.5, 0.6) is 17.2 Å². The third kappa shape index (κ3) is 9.36. The summed E-state index contributed by atoms with van der Waals surface area (Å²) in [5.74, 6) is -0.767. The fourth-order valence-corrected chi connectivity index (χ4v) is 4.73. The first-order valence-electron chi connectivity index (χ1n) is 15.2. The molecule has 0 aromatic heterocycles. The SMILES string of the molecule is CC(C)COc1cc(C(=O)Nc2ccc(C(=O)O)cc2OC(C)C)ccc1NC(=O)c1ccc(N)c(OCCN2CCCC2)c1. The predicted octanol–water partition coefficient (Wildman–Crippen LogP) is 5.77. The molecule has 45 heavy (non-hydrogen) atoms. The molecule has 240 valence electrons. The van der Waals surface area contributed by atoms with E-state index < -0.39 is 11.9 Å². The first-order chi connectivity index (χ1) is 21.5. The number of nitrogen functional groups attached to an aromatic ring is 1. The molecule has 1 aliphatic rings. The fraction of sp³-hybridized carbons (Fsp3) is 0.382. The number of anilines is 3. The lowest BCUT2D eigenvalue weighted by atomic mass is 10.1. The molecule has 0 unspecified atom stereocenters. The molecule has 1 heterocycles. The lowest BCUT2D eigenvalue weighted by molar-refractivity contribution is 0.0695. The first kappa shape index (κ1) is 33.1. The number of likely N-dealkylation sites (tertiary alicyclic amines) is 1. The van der Waals surface area contributed by atoms with Crippen LogP contribution in [0.25, 0.3) is 0 Å². The number of rotatable bonds is 14. The summed E-state index contributed by atoms with van der Waals surface area (Å²) in [6.07, 6.45) is 2.15. The Morgan fingerprint density at radius 1 is 0.800 bits per heavy atom. The molecule has 1 aliphatic heterocycles. The summed E-state index contributed by atoms with van der Waals surface area (Å²) < 4.78 is 17.7. The van der Waals surface area contributed by atoms with E-state index in [-0.39, 0.29) is 34.8 Å². The van der Waals surface area contributed by atoms with Gasteiger partial charge in [0.1, 0.15) is 23.9 Å². The van der Waals surface area contributed by atoms with E-state index in [9.17, 15) is 19.5 Å². The van der Waals surface area contributed by atoms with Gasteiger partial charge in [0, 0.05) is 17.7 Å². The Balaban J connectivity index is 1.51. The van der Waals surface area contributed by atoms with E-state index in [0.717, 1.165) is 19.6 Å². The van der Waals surface area contributed by atoms with E-state index in [2.05, 4.69) is 15.5 Å². The molecule has 1 saturated heterocycles. The molecule has 0 atom stereocenters. The van der Waals surface area contributed by atoms with E-state index in [0.29, 0.717) is 47.3 Å². The van der Waals surface area contributed by atoms with Crippen molar-refractivity contribution in [2.24, 2.45) is 5.92 Å². The number of carbonyl (C=O) groups is 3. The largest absolute Gasteiger partial charge is 0.491 e. The van der Waals surface area contributed by atoms with Crippen molar-refractivity contribution in [3.05, 3.63) is 71.3 Å². The topological polar surface area (TPSA) is 152 Å². The van der Waals surface area contributed by atoms with Gasteiger partial charge < -0.3 is 35.7 Å². The second-order valence-corrected chi connectivity index (χ2v) is 11.7. The van der Waals surface area contributed by atoms with Gasteiger partial charge >= 0.3 is 5.97 Å². The molecule has 11 nitrogen and oxygen atoms in total. The molecular weight excluding hydrogens is 576 g/mol. The molecule has 0 radical (unpaired) electrons. The van der Waals surface area contributed by atoms with Gasteiger partial charge in [-0.2, -0.15) is 0 Å². The molecule has 4 rings (SSSR count). The molecule has 1 fully saturated rings. The molecule has 3 aromatic rings. The molecule has 5 N–H and O–H groups in total. The normalized spacial score (nSPS) is 13.1. The van der Waals surface area contributed by atoms with Gasteiger partial charge in [0.05, 0.1) is 35.3 Å². The van der Waals surface area contributed by atoms with E-state index >= 15 is 0 Å². The predicted molar refractivity (Wildman–Crippen MR) is 174 cm³/mol. The van der Waals surface area contributed by atoms with Gasteiger partial charge in [-0.25, -0.2) is 4.79 Å². The summed E-state index contributed by atoms with van der Waals surface area (Å²) in [6, 6.07) is 13.9. The van der Waals surface area contributed by atoms with Gasteiger partial charge in [-0.1, -0.05) is 13.8 Å². The zero-order chi connectivity index (χ0) is 32.5. The molecule has 11 heteroatoms. The summed E-state index contributed by atoms with van der Waals surface area (Å²) in [6.45, 7) is 11.3. The summed E-state index contributed by atoms with van der Waals surface area (Å²) in [4.78, 5) is 40.4. The molecule has 0 saturated carbocycles. The second kappa shape index (κ2) is 15.3. The second-order valence-electron chi connectivity index (χ2n) is 11.7. The van der Waals surface area contributed by atoms with Crippen molar-refractivity contribution in [1.29, 1.82) is 0 Å². The van der Waals surface area contributed by atoms with Crippen LogP contribution >= 0.6 is 0 Å². The highest BCUT2D eigenvalue weighted by Gasteiger charge is 2.19. The van der Waals surface area contributed by atoms with Gasteiger partial charge in [-0.05, 0) is 100 Å². The maximum atomic E-state index is 13.3. The number of carboxylic acids is 1. The van der Waals surface area contributed by atoms with E-state index in [1.807, 2.05) is 13.8 Å². The number of hydrogen-bond acceptors (Lipinski definition) is 8. The quantitative estimate of drug-likeness (QED) is 0.165. The number of hydrogen-bond donors (Lipinski definition) is 4. The van der Waals surface area contributed by atoms with Gasteiger partial charge in [0.15, 0.2) is 0 Å². The van der Waals surface area contributed by atoms with Crippen LogP contribution in [0.1, 0.15) is 71.6 Å². The maximum Gasteiger partial charge on any atom is 0.335 e. The Kier molecular flexibility index (Phi) is 11.3. The van der Waals surface area contributed by atoms with Crippen LogP contribution in [0.2, 0.25) is 0 Å². The number of benzene rings is 3. The minimum absolute atomic E-state index is 0.0370. The average molecular weight is 619 g/mol. The number of carbonyl (C=O) groups excluding carboxylic acids is 2. The maximum absolute atomic E-state index is 13.3. The van der Waals surface area contributed by atoms with Crippen LogP contribution in [0.4, 0.5) is 17.1 Å². The number of aromatic carboxylic acids is 1. The van der Waals surface area contributed by atoms with Crippen LogP contribution in [0.15, 0.2) is 54.6 Å². The third-order valence-electron chi connectivity index (χ3n) is 7.04. The summed E-state index contributed by atoms with van der Waals surface area (Å²) >= 11 is 0. The van der Waals surface area contributed by atoms with Gasteiger partial charge in [0.2, 0.25) is 0 Å². The minimum atomic E-state index is -1.11. The van der Waals surface area contributed by atoms with Crippen molar-refractivity contribution < 1.29 is 33.7 Å². The molecule has 0 spiro atoms. The van der Waals surface area contributed by atoms with Crippen molar-refractivity contribution in [2.75, 3.05) is 49.2 Å². The number of amides is 2. The van der Waals surface area contributed by atoms with E-state index in [1.54, 1.807) is 50.2 Å². The van der Waals surface area contributed by atoms with Crippen LogP contribution in [-0.2, 0) is 0 Å². The Bertz CT molecular complexity index is 1520. The molecule has 0 aliphatic carbocycles. The van der Waals surface area contributed by atoms with Crippen LogP contribution in [0.3, 0.4) is 0 Å². The van der Waals surface area contributed by atoms with Crippen molar-refractivity contribution in [1.82, 2.24) is 4.90 Å². The van der Waals surface area contributed by atoms with Crippen LogP contribution in [0, 0.1) is 5.92 Å². The lowest BCUT2D eigenvalue weighted by Gasteiger charge is -2.18. The summed E-state index contributed by atoms with van der Waals surface area (Å²) in [5, 5.41) is 15.1. The van der Waals surface area contributed by atoms with E-state index in [4.69, 9.17) is 19.9 Å². The zero-order valence-corrected chi connectivity index (χ0v) is 26.2. The first-order valence-corrected chi connectivity index (χ1v) is 15.2. The zero-order valence-electron chi connectivity index (χ0n) is 26.2. The fourth-order valence-electron chi connectivity index (χ4n) is 4.73. The smallest absolute Gasteiger partial charge is 0.335 e. The highest BCUT2D eigenvalue weighted by Crippen LogP contribution is 2.31. The highest BCUT2D eigenvalue weighted by atomic mass is 16.5. The highest BCUT2D eigenvalue weighted by molar-refractivity contribution is 6.08. The van der Waals surface area contributed by atoms with Crippen LogP contribution < -0.4 is 30.6 Å². The number of nitrogens with zero attached hydrogens (tertiary/aromatic N) is 1. The lowest BCUT2D eigenvalue weighted by Crippen LogP contribution is -2.25. The molecule has 2 amide bonds. The summed E-state index contributed by atoms with van der Waals surface area (Å²) in [7, 11) is 0. The average Bonchev–Trinajstić information content (AvgIpc) is 3.51. The molecular formula is C34H42N4O7. The Morgan fingerprint density at radius 3 is 1.96 bits per heavy atom. The number of ether oxygens (including phenoxy) is 3. The van der Waals surface area contributed by atoms with Crippen LogP contribution in [-0.4, -0.2) is 66.7 Å². The van der Waals surface area contributed by atoms with Crippen molar-refractivity contribution in [3.8, 4) is 17.2 Å². The standard InChI is InChI=1S/C34H42N4O7/c1-21(2)20-44-30-18-24(33(40)37-28-12-9-25(34(41)42)19-31(28)45-22(3)4)8-11-27(30)36-32(39)23-7-10-26(35)29(17-23)43-16-15-38-13-5-6-14-38/h7-12,17-19,21-22H,5-6,13-16,20,35H2,1-4H3,(H,36,39)(H,37,40)(H,41,42). The Morgan fingerprint density at radius 2 is 1.36 bits per heavy atom. The number of nitrogens with two attached hydrogens (primary N) is 1. The minimum Gasteiger partial charge on any atom is -0.491 e.